The normalized spacial score (nSPS) is 12.8. The van der Waals surface area contributed by atoms with Crippen LogP contribution in [0.25, 0.3) is 86.7 Å². The Hall–Kier alpha value is -5.12. The number of nitrogens with zero attached hydrogens (tertiary/aromatic N) is 6. The highest BCUT2D eigenvalue weighted by Gasteiger charge is 2.31. The van der Waals surface area contributed by atoms with Crippen LogP contribution in [0.2, 0.25) is 0 Å². The largest absolute Gasteiger partial charge is 0.271 e. The summed E-state index contributed by atoms with van der Waals surface area (Å²) in [5, 5.41) is 27.2. The van der Waals surface area contributed by atoms with E-state index >= 15 is 19.2 Å². The van der Waals surface area contributed by atoms with Gasteiger partial charge < -0.3 is 0 Å². The number of unbranched alkanes of at least 4 members (excludes halogenated alkanes) is 24. The van der Waals surface area contributed by atoms with E-state index in [0.29, 0.717) is 54.4 Å². The Morgan fingerprint density at radius 3 is 0.722 bits per heavy atom. The Balaban J connectivity index is 1.15. The topological polar surface area (TPSA) is 130 Å². The van der Waals surface area contributed by atoms with E-state index < -0.39 is 0 Å². The molecule has 0 saturated heterocycles. The molecular formula is C62H82N6O4. The van der Waals surface area contributed by atoms with Gasteiger partial charge in [-0.05, 0) is 49.9 Å². The molecule has 384 valence electrons. The molecule has 0 atom stereocenters. The molecule has 0 unspecified atom stereocenters. The SMILES string of the molecule is CCCCCCCCCC(CCCCCCCCC)n1c(=O)c2cc3nnc4cc5c(=O)n(C(CCCCCCCCC)CCCCCCCCC)c(=O)c6cc7nnc8cc(c1=O)c2c1c3c4c(c56)c7c81. The maximum Gasteiger partial charge on any atom is 0.261 e. The van der Waals surface area contributed by atoms with E-state index in [0.717, 1.165) is 109 Å². The van der Waals surface area contributed by atoms with Crippen molar-refractivity contribution in [3.63, 3.8) is 0 Å². The molecule has 5 aromatic carbocycles. The van der Waals surface area contributed by atoms with Crippen LogP contribution in [0.15, 0.2) is 43.4 Å². The first kappa shape index (κ1) is 51.8. The molecule has 9 aromatic rings. The van der Waals surface area contributed by atoms with Crippen molar-refractivity contribution >= 4 is 86.7 Å². The van der Waals surface area contributed by atoms with Crippen molar-refractivity contribution in [1.29, 1.82) is 0 Å². The molecule has 0 bridgehead atoms. The minimum absolute atomic E-state index is 0.210. The smallest absolute Gasteiger partial charge is 0.261 e. The van der Waals surface area contributed by atoms with E-state index in [-0.39, 0.29) is 34.3 Å². The molecule has 0 N–H and O–H groups in total. The van der Waals surface area contributed by atoms with Gasteiger partial charge in [0, 0.05) is 55.2 Å². The highest BCUT2D eigenvalue weighted by atomic mass is 16.2. The Morgan fingerprint density at radius 2 is 0.500 bits per heavy atom. The summed E-state index contributed by atoms with van der Waals surface area (Å²) in [6.45, 7) is 8.97. The first-order valence-electron chi connectivity index (χ1n) is 29.3. The van der Waals surface area contributed by atoms with Crippen LogP contribution < -0.4 is 22.2 Å². The van der Waals surface area contributed by atoms with Crippen molar-refractivity contribution in [3.8, 4) is 0 Å². The number of hydrogen-bond acceptors (Lipinski definition) is 8. The third kappa shape index (κ3) is 10.2. The van der Waals surface area contributed by atoms with Crippen LogP contribution in [-0.2, 0) is 0 Å². The highest BCUT2D eigenvalue weighted by Crippen LogP contribution is 2.49. The molecule has 0 fully saturated rings. The quantitative estimate of drug-likeness (QED) is 0.0222. The summed E-state index contributed by atoms with van der Waals surface area (Å²) >= 11 is 0. The Bertz CT molecular complexity index is 2960. The first-order chi connectivity index (χ1) is 35.3. The van der Waals surface area contributed by atoms with Gasteiger partial charge in [-0.2, -0.15) is 0 Å². The van der Waals surface area contributed by atoms with Crippen molar-refractivity contribution in [2.24, 2.45) is 0 Å². The second-order valence-corrected chi connectivity index (χ2v) is 22.1. The van der Waals surface area contributed by atoms with Gasteiger partial charge in [-0.1, -0.05) is 207 Å². The van der Waals surface area contributed by atoms with Crippen LogP contribution in [0, 0.1) is 0 Å². The minimum atomic E-state index is -0.264. The van der Waals surface area contributed by atoms with E-state index in [1.54, 1.807) is 9.13 Å². The van der Waals surface area contributed by atoms with Gasteiger partial charge in [0.05, 0.1) is 43.6 Å². The molecule has 9 rings (SSSR count). The number of pyridine rings is 2. The van der Waals surface area contributed by atoms with Crippen LogP contribution in [-0.4, -0.2) is 29.5 Å². The molecule has 72 heavy (non-hydrogen) atoms. The fourth-order valence-corrected chi connectivity index (χ4v) is 13.0. The Morgan fingerprint density at radius 1 is 0.292 bits per heavy atom. The molecule has 0 saturated carbocycles. The fraction of sp³-hybridized carbons (Fsp3) is 0.613. The summed E-state index contributed by atoms with van der Waals surface area (Å²) in [4.78, 5) is 60.6. The van der Waals surface area contributed by atoms with Crippen molar-refractivity contribution in [3.05, 3.63) is 65.7 Å². The molecule has 0 spiro atoms. The standard InChI is InChI=1S/C62H82N6O4/c1-5-9-13-17-21-25-29-33-41(34-30-26-22-18-14-10-6-2)67-59(69)43-37-47-53-55-49(65-63-47)39-45-52-46(40-50-56(58(52)55)54-48(64-66-50)38-44(60(67)70)51(43)57(53)54)62(72)68(61(45)71)42(35-31-27-23-19-15-11-7-3)36-32-28-24-20-16-12-8-4/h37-42H,5-36H2,1-4H3. The zero-order valence-corrected chi connectivity index (χ0v) is 44.4. The number of aromatic nitrogens is 6. The third-order valence-electron chi connectivity index (χ3n) is 16.8. The molecule has 0 aliphatic heterocycles. The van der Waals surface area contributed by atoms with Crippen molar-refractivity contribution in [2.45, 2.75) is 245 Å². The van der Waals surface area contributed by atoms with Crippen LogP contribution in [0.3, 0.4) is 0 Å². The van der Waals surface area contributed by atoms with Gasteiger partial charge in [0.2, 0.25) is 0 Å². The molecule has 4 heterocycles. The second kappa shape index (κ2) is 24.3. The van der Waals surface area contributed by atoms with Gasteiger partial charge >= 0.3 is 0 Å². The summed E-state index contributed by atoms with van der Waals surface area (Å²) in [5.41, 5.74) is 1.16. The van der Waals surface area contributed by atoms with Gasteiger partial charge in [-0.25, -0.2) is 0 Å². The summed E-state index contributed by atoms with van der Waals surface area (Å²) < 4.78 is 3.17. The maximum atomic E-state index is 15.2. The lowest BCUT2D eigenvalue weighted by molar-refractivity contribution is 0.381. The van der Waals surface area contributed by atoms with Gasteiger partial charge in [-0.3, -0.25) is 28.3 Å². The number of hydrogen-bond donors (Lipinski definition) is 0. The molecule has 10 heteroatoms. The molecule has 0 amide bonds. The van der Waals surface area contributed by atoms with Gasteiger partial charge in [0.15, 0.2) is 0 Å². The van der Waals surface area contributed by atoms with Crippen LogP contribution >= 0.6 is 0 Å². The minimum Gasteiger partial charge on any atom is -0.271 e. The van der Waals surface area contributed by atoms with Crippen LogP contribution in [0.1, 0.15) is 245 Å². The maximum absolute atomic E-state index is 15.2. The van der Waals surface area contributed by atoms with Gasteiger partial charge in [0.1, 0.15) is 0 Å². The molecule has 0 aliphatic carbocycles. The predicted octanol–water partition coefficient (Wildman–Crippen LogP) is 16.4. The lowest BCUT2D eigenvalue weighted by Crippen LogP contribution is -2.37. The first-order valence-corrected chi connectivity index (χ1v) is 29.3. The molecule has 0 aliphatic rings. The average molecular weight is 975 g/mol. The Labute approximate surface area is 425 Å². The molecular weight excluding hydrogens is 893 g/mol. The second-order valence-electron chi connectivity index (χ2n) is 22.1. The van der Waals surface area contributed by atoms with Crippen molar-refractivity contribution in [1.82, 2.24) is 29.5 Å². The van der Waals surface area contributed by atoms with E-state index in [4.69, 9.17) is 20.4 Å². The highest BCUT2D eigenvalue weighted by molar-refractivity contribution is 6.48. The van der Waals surface area contributed by atoms with Gasteiger partial charge in [-0.15, -0.1) is 20.4 Å². The lowest BCUT2D eigenvalue weighted by Gasteiger charge is -2.24. The average Bonchev–Trinajstić information content (AvgIpc) is 3.39. The van der Waals surface area contributed by atoms with E-state index in [2.05, 4.69) is 27.7 Å². The monoisotopic (exact) mass is 975 g/mol. The zero-order valence-electron chi connectivity index (χ0n) is 44.4. The number of rotatable bonds is 34. The predicted molar refractivity (Wildman–Crippen MR) is 303 cm³/mol. The van der Waals surface area contributed by atoms with Crippen molar-refractivity contribution < 1.29 is 0 Å². The molecule has 4 aromatic heterocycles. The van der Waals surface area contributed by atoms with Gasteiger partial charge in [0.25, 0.3) is 22.2 Å². The van der Waals surface area contributed by atoms with E-state index in [1.165, 1.54) is 128 Å². The summed E-state index contributed by atoms with van der Waals surface area (Å²) in [6.07, 6.45) is 35.9. The summed E-state index contributed by atoms with van der Waals surface area (Å²) in [7, 11) is 0. The fourth-order valence-electron chi connectivity index (χ4n) is 13.0. The lowest BCUT2D eigenvalue weighted by atomic mass is 9.84. The van der Waals surface area contributed by atoms with Crippen LogP contribution in [0.4, 0.5) is 0 Å². The van der Waals surface area contributed by atoms with E-state index in [1.807, 2.05) is 24.3 Å². The summed E-state index contributed by atoms with van der Waals surface area (Å²) in [5.74, 6) is 0. The zero-order chi connectivity index (χ0) is 50.1. The molecule has 0 radical (unpaired) electrons. The van der Waals surface area contributed by atoms with Crippen molar-refractivity contribution in [2.75, 3.05) is 0 Å². The summed E-state index contributed by atoms with van der Waals surface area (Å²) in [6, 6.07) is 6.98. The number of benzene rings is 5. The van der Waals surface area contributed by atoms with Crippen LogP contribution in [0.5, 0.6) is 0 Å². The Kier molecular flexibility index (Phi) is 17.5. The molecule has 10 nitrogen and oxygen atoms in total. The van der Waals surface area contributed by atoms with E-state index in [9.17, 15) is 0 Å². The third-order valence-corrected chi connectivity index (χ3v) is 16.8.